The molecule has 0 aromatic heterocycles. The largest absolute Gasteiger partial charge is 0.495 e. The topological polar surface area (TPSA) is 105 Å². The van der Waals surface area contributed by atoms with Crippen LogP contribution in [-0.4, -0.2) is 74.6 Å². The second kappa shape index (κ2) is 10.5. The maximum Gasteiger partial charge on any atom is 0.410 e. The Morgan fingerprint density at radius 1 is 1.16 bits per heavy atom. The summed E-state index contributed by atoms with van der Waals surface area (Å²) in [5.74, 6) is -0.168. The van der Waals surface area contributed by atoms with Crippen molar-refractivity contribution >= 4 is 22.0 Å². The molecule has 0 atom stereocenters. The van der Waals surface area contributed by atoms with Gasteiger partial charge in [0, 0.05) is 37.8 Å². The minimum atomic E-state index is -3.79. The van der Waals surface area contributed by atoms with Crippen LogP contribution < -0.4 is 10.1 Å². The lowest BCUT2D eigenvalue weighted by molar-refractivity contribution is 0.0199. The normalized spacial score (nSPS) is 15.5. The average molecular weight is 470 g/mol. The zero-order valence-corrected chi connectivity index (χ0v) is 20.6. The molecular formula is C22H35N3O6S. The van der Waals surface area contributed by atoms with Crippen LogP contribution in [0.1, 0.15) is 57.8 Å². The highest BCUT2D eigenvalue weighted by Gasteiger charge is 2.29. The van der Waals surface area contributed by atoms with Gasteiger partial charge in [-0.25, -0.2) is 13.2 Å². The lowest BCUT2D eigenvalue weighted by Gasteiger charge is -2.33. The molecule has 1 saturated heterocycles. The van der Waals surface area contributed by atoms with Gasteiger partial charge in [0.2, 0.25) is 10.0 Å². The van der Waals surface area contributed by atoms with Crippen LogP contribution in [0.25, 0.3) is 0 Å². The first-order valence-electron chi connectivity index (χ1n) is 10.9. The van der Waals surface area contributed by atoms with E-state index in [0.29, 0.717) is 39.0 Å². The number of ether oxygens (including phenoxy) is 2. The van der Waals surface area contributed by atoms with E-state index < -0.39 is 15.6 Å². The quantitative estimate of drug-likeness (QED) is 0.658. The number of carbonyl (C=O) groups excluding carboxylic acids is 2. The number of sulfonamides is 1. The van der Waals surface area contributed by atoms with Gasteiger partial charge in [0.15, 0.2) is 0 Å². The third-order valence-electron chi connectivity index (χ3n) is 5.23. The standard InChI is InChI=1S/C22H35N3O6S/c1-7-25(8-2)32(28,29)19-15-16(9-10-18(19)30-6)20(26)23-17-11-13-24(14-12-17)21(27)31-22(3,4)5/h9-10,15,17H,7-8,11-14H2,1-6H3,(H,23,26). The Kier molecular flexibility index (Phi) is 8.53. The number of amides is 2. The van der Waals surface area contributed by atoms with Gasteiger partial charge in [-0.05, 0) is 51.8 Å². The predicted octanol–water partition coefficient (Wildman–Crippen LogP) is 2.86. The first kappa shape index (κ1) is 25.9. The molecule has 0 unspecified atom stereocenters. The molecule has 1 N–H and O–H groups in total. The number of rotatable bonds is 7. The summed E-state index contributed by atoms with van der Waals surface area (Å²) in [4.78, 5) is 26.6. The molecular weight excluding hydrogens is 434 g/mol. The van der Waals surface area contributed by atoms with E-state index in [9.17, 15) is 18.0 Å². The summed E-state index contributed by atoms with van der Waals surface area (Å²) in [6.45, 7) is 10.6. The van der Waals surface area contributed by atoms with Crippen molar-refractivity contribution in [2.45, 2.75) is 64.0 Å². The molecule has 0 aliphatic carbocycles. The van der Waals surface area contributed by atoms with E-state index in [2.05, 4.69) is 5.32 Å². The van der Waals surface area contributed by atoms with E-state index in [0.717, 1.165) is 0 Å². The lowest BCUT2D eigenvalue weighted by Crippen LogP contribution is -2.47. The monoisotopic (exact) mass is 469 g/mol. The van der Waals surface area contributed by atoms with Crippen molar-refractivity contribution in [3.8, 4) is 5.75 Å². The number of nitrogens with one attached hydrogen (secondary N) is 1. The fraction of sp³-hybridized carbons (Fsp3) is 0.636. The second-order valence-corrected chi connectivity index (χ2v) is 10.6. The fourth-order valence-electron chi connectivity index (χ4n) is 3.52. The van der Waals surface area contributed by atoms with Crippen LogP contribution in [0.3, 0.4) is 0 Å². The summed E-state index contributed by atoms with van der Waals surface area (Å²) >= 11 is 0. The number of hydrogen-bond acceptors (Lipinski definition) is 6. The zero-order chi connectivity index (χ0) is 24.1. The molecule has 10 heteroatoms. The van der Waals surface area contributed by atoms with Gasteiger partial charge >= 0.3 is 6.09 Å². The molecule has 1 aromatic carbocycles. The van der Waals surface area contributed by atoms with Crippen molar-refractivity contribution in [3.05, 3.63) is 23.8 Å². The molecule has 180 valence electrons. The molecule has 0 radical (unpaired) electrons. The SMILES string of the molecule is CCN(CC)S(=O)(=O)c1cc(C(=O)NC2CCN(C(=O)OC(C)(C)C)CC2)ccc1OC. The van der Waals surface area contributed by atoms with Crippen molar-refractivity contribution < 1.29 is 27.5 Å². The lowest BCUT2D eigenvalue weighted by atomic mass is 10.0. The van der Waals surface area contributed by atoms with E-state index in [1.165, 1.54) is 23.5 Å². The summed E-state index contributed by atoms with van der Waals surface area (Å²) in [5.41, 5.74) is -0.314. The number of methoxy groups -OCH3 is 1. The molecule has 1 aliphatic heterocycles. The fourth-order valence-corrected chi connectivity index (χ4v) is 5.16. The molecule has 2 rings (SSSR count). The third kappa shape index (κ3) is 6.35. The smallest absolute Gasteiger partial charge is 0.410 e. The highest BCUT2D eigenvalue weighted by Crippen LogP contribution is 2.28. The summed E-state index contributed by atoms with van der Waals surface area (Å²) in [5, 5.41) is 2.95. The third-order valence-corrected chi connectivity index (χ3v) is 7.30. The van der Waals surface area contributed by atoms with Crippen LogP contribution in [0.2, 0.25) is 0 Å². The van der Waals surface area contributed by atoms with Gasteiger partial charge in [0.1, 0.15) is 16.2 Å². The van der Waals surface area contributed by atoms with Crippen LogP contribution in [0, 0.1) is 0 Å². The minimum absolute atomic E-state index is 0.0314. The summed E-state index contributed by atoms with van der Waals surface area (Å²) in [6, 6.07) is 4.28. The molecule has 1 aliphatic rings. The minimum Gasteiger partial charge on any atom is -0.495 e. The molecule has 2 amide bonds. The highest BCUT2D eigenvalue weighted by molar-refractivity contribution is 7.89. The van der Waals surface area contributed by atoms with Gasteiger partial charge in [-0.2, -0.15) is 4.31 Å². The molecule has 1 fully saturated rings. The van der Waals surface area contributed by atoms with Gasteiger partial charge in [0.05, 0.1) is 7.11 Å². The van der Waals surface area contributed by atoms with Crippen molar-refractivity contribution in [1.82, 2.24) is 14.5 Å². The molecule has 0 saturated carbocycles. The Bertz CT molecular complexity index is 914. The number of likely N-dealkylation sites (tertiary alicyclic amines) is 1. The van der Waals surface area contributed by atoms with E-state index in [4.69, 9.17) is 9.47 Å². The Hall–Kier alpha value is -2.33. The molecule has 32 heavy (non-hydrogen) atoms. The molecule has 0 spiro atoms. The molecule has 1 heterocycles. The maximum atomic E-state index is 13.0. The van der Waals surface area contributed by atoms with Gasteiger partial charge in [-0.3, -0.25) is 4.79 Å². The number of benzene rings is 1. The Morgan fingerprint density at radius 2 is 1.75 bits per heavy atom. The molecule has 0 bridgehead atoms. The Morgan fingerprint density at radius 3 is 2.25 bits per heavy atom. The first-order chi connectivity index (χ1) is 14.9. The van der Waals surface area contributed by atoms with E-state index in [1.807, 2.05) is 20.8 Å². The first-order valence-corrected chi connectivity index (χ1v) is 12.3. The summed E-state index contributed by atoms with van der Waals surface area (Å²) in [7, 11) is -2.40. The van der Waals surface area contributed by atoms with E-state index in [1.54, 1.807) is 24.8 Å². The molecule has 1 aromatic rings. The van der Waals surface area contributed by atoms with Crippen molar-refractivity contribution in [2.24, 2.45) is 0 Å². The van der Waals surface area contributed by atoms with Crippen LogP contribution in [0.5, 0.6) is 5.75 Å². The van der Waals surface area contributed by atoms with Crippen LogP contribution in [-0.2, 0) is 14.8 Å². The number of carbonyl (C=O) groups is 2. The summed E-state index contributed by atoms with van der Waals surface area (Å²) < 4.78 is 38.0. The van der Waals surface area contributed by atoms with Crippen LogP contribution in [0.15, 0.2) is 23.1 Å². The van der Waals surface area contributed by atoms with Gasteiger partial charge in [-0.1, -0.05) is 13.8 Å². The van der Waals surface area contributed by atoms with Crippen LogP contribution in [0.4, 0.5) is 4.79 Å². The van der Waals surface area contributed by atoms with E-state index >= 15 is 0 Å². The van der Waals surface area contributed by atoms with E-state index in [-0.39, 0.29) is 34.3 Å². The highest BCUT2D eigenvalue weighted by atomic mass is 32.2. The van der Waals surface area contributed by atoms with Crippen LogP contribution >= 0.6 is 0 Å². The van der Waals surface area contributed by atoms with Gasteiger partial charge < -0.3 is 19.7 Å². The maximum absolute atomic E-state index is 13.0. The Labute approximate surface area is 191 Å². The predicted molar refractivity (Wildman–Crippen MR) is 121 cm³/mol. The number of piperidine rings is 1. The Balaban J connectivity index is 2.09. The van der Waals surface area contributed by atoms with Crippen molar-refractivity contribution in [2.75, 3.05) is 33.3 Å². The molecule has 9 nitrogen and oxygen atoms in total. The zero-order valence-electron chi connectivity index (χ0n) is 19.8. The van der Waals surface area contributed by atoms with Gasteiger partial charge in [0.25, 0.3) is 5.91 Å². The number of nitrogens with zero attached hydrogens (tertiary/aromatic N) is 2. The van der Waals surface area contributed by atoms with Gasteiger partial charge in [-0.15, -0.1) is 0 Å². The van der Waals surface area contributed by atoms with Crippen molar-refractivity contribution in [1.29, 1.82) is 0 Å². The van der Waals surface area contributed by atoms with Crippen molar-refractivity contribution in [3.63, 3.8) is 0 Å². The second-order valence-electron chi connectivity index (χ2n) is 8.67. The number of hydrogen-bond donors (Lipinski definition) is 1. The summed E-state index contributed by atoms with van der Waals surface area (Å²) in [6.07, 6.45) is 0.820. The average Bonchev–Trinajstić information content (AvgIpc) is 2.73.